The van der Waals surface area contributed by atoms with Crippen LogP contribution in [0, 0.1) is 0 Å². The largest absolute Gasteiger partial charge is 0.480 e. The smallest absolute Gasteiger partial charge is 0.232 e. The maximum atomic E-state index is 11.7. The van der Waals surface area contributed by atoms with Crippen LogP contribution in [-0.4, -0.2) is 28.2 Å². The predicted molar refractivity (Wildman–Crippen MR) is 64.2 cm³/mol. The Bertz CT molecular complexity index is 542. The third-order valence-electron chi connectivity index (χ3n) is 2.18. The van der Waals surface area contributed by atoms with Crippen molar-refractivity contribution in [1.82, 2.24) is 9.97 Å². The second kappa shape index (κ2) is 4.57. The van der Waals surface area contributed by atoms with Gasteiger partial charge in [-0.2, -0.15) is 0 Å². The number of para-hydroxylation sites is 1. The van der Waals surface area contributed by atoms with E-state index in [0.29, 0.717) is 22.5 Å². The number of ketones is 1. The Hall–Kier alpha value is -1.49. The molecule has 0 N–H and O–H groups in total. The van der Waals surface area contributed by atoms with E-state index in [4.69, 9.17) is 4.74 Å². The predicted octanol–water partition coefficient (Wildman–Crippen LogP) is 2.22. The molecule has 1 aromatic heterocycles. The van der Waals surface area contributed by atoms with E-state index < -0.39 is 0 Å². The molecule has 0 amide bonds. The number of nitrogens with zero attached hydrogens (tertiary/aromatic N) is 2. The summed E-state index contributed by atoms with van der Waals surface area (Å²) in [5.41, 5.74) is 1.82. The van der Waals surface area contributed by atoms with Gasteiger partial charge in [-0.1, -0.05) is 22.0 Å². The third kappa shape index (κ3) is 1.90. The van der Waals surface area contributed by atoms with E-state index in [2.05, 4.69) is 25.9 Å². The minimum absolute atomic E-state index is 0.0202. The van der Waals surface area contributed by atoms with Gasteiger partial charge in [-0.25, -0.2) is 9.97 Å². The lowest BCUT2D eigenvalue weighted by atomic mass is 10.1. The Balaban J connectivity index is 2.68. The summed E-state index contributed by atoms with van der Waals surface area (Å²) in [5.74, 6) is 0.385. The van der Waals surface area contributed by atoms with E-state index in [1.165, 1.54) is 13.3 Å². The molecule has 0 saturated heterocycles. The third-order valence-corrected chi connectivity index (χ3v) is 2.69. The summed E-state index contributed by atoms with van der Waals surface area (Å²) in [4.78, 5) is 20.1. The molecule has 5 heteroatoms. The van der Waals surface area contributed by atoms with Crippen molar-refractivity contribution in [1.29, 1.82) is 0 Å². The molecule has 0 radical (unpaired) electrons. The summed E-state index contributed by atoms with van der Waals surface area (Å²) in [6, 6.07) is 5.34. The number of halogens is 1. The van der Waals surface area contributed by atoms with Crippen LogP contribution >= 0.6 is 15.9 Å². The number of carbonyl (C=O) groups is 1. The van der Waals surface area contributed by atoms with Gasteiger partial charge in [-0.05, 0) is 12.1 Å². The Kier molecular flexibility index (Phi) is 3.14. The lowest BCUT2D eigenvalue weighted by molar-refractivity contribution is 0.102. The Morgan fingerprint density at radius 3 is 3.00 bits per heavy atom. The lowest BCUT2D eigenvalue weighted by Gasteiger charge is -2.04. The molecule has 0 bridgehead atoms. The van der Waals surface area contributed by atoms with Crippen molar-refractivity contribution in [3.63, 3.8) is 0 Å². The zero-order valence-electron chi connectivity index (χ0n) is 8.61. The summed E-state index contributed by atoms with van der Waals surface area (Å²) in [7, 11) is 1.52. The van der Waals surface area contributed by atoms with Crippen molar-refractivity contribution in [3.8, 4) is 5.88 Å². The summed E-state index contributed by atoms with van der Waals surface area (Å²) >= 11 is 3.14. The number of carbonyl (C=O) groups excluding carboxylic acids is 1. The monoisotopic (exact) mass is 280 g/mol. The molecule has 1 heterocycles. The molecule has 16 heavy (non-hydrogen) atoms. The number of rotatable bonds is 3. The van der Waals surface area contributed by atoms with Gasteiger partial charge in [-0.15, -0.1) is 0 Å². The van der Waals surface area contributed by atoms with Crippen LogP contribution in [0.1, 0.15) is 10.4 Å². The van der Waals surface area contributed by atoms with E-state index >= 15 is 0 Å². The highest BCUT2D eigenvalue weighted by molar-refractivity contribution is 9.09. The van der Waals surface area contributed by atoms with E-state index in [1.807, 2.05) is 6.07 Å². The first-order valence-corrected chi connectivity index (χ1v) is 5.77. The highest BCUT2D eigenvalue weighted by atomic mass is 79.9. The lowest BCUT2D eigenvalue weighted by Crippen LogP contribution is -2.03. The summed E-state index contributed by atoms with van der Waals surface area (Å²) < 4.78 is 4.99. The summed E-state index contributed by atoms with van der Waals surface area (Å²) in [6.45, 7) is 0. The molecule has 0 aliphatic heterocycles. The van der Waals surface area contributed by atoms with Crippen LogP contribution in [0.2, 0.25) is 0 Å². The molecule has 0 unspecified atom stereocenters. The molecule has 2 rings (SSSR count). The number of hydrogen-bond donors (Lipinski definition) is 0. The fourth-order valence-corrected chi connectivity index (χ4v) is 1.71. The molecular weight excluding hydrogens is 272 g/mol. The first-order valence-electron chi connectivity index (χ1n) is 4.65. The van der Waals surface area contributed by atoms with E-state index in [9.17, 15) is 4.79 Å². The number of hydrogen-bond acceptors (Lipinski definition) is 4. The molecule has 0 atom stereocenters. The molecule has 0 fully saturated rings. The Labute approximate surface area is 101 Å². The van der Waals surface area contributed by atoms with Crippen molar-refractivity contribution in [2.75, 3.05) is 12.4 Å². The molecule has 0 aliphatic carbocycles. The SMILES string of the molecule is COc1cnc2cccc(C(=O)CBr)c2n1. The van der Waals surface area contributed by atoms with Crippen LogP contribution in [-0.2, 0) is 0 Å². The zero-order valence-corrected chi connectivity index (χ0v) is 10.2. The molecule has 0 aliphatic rings. The molecular formula is C11H9BrN2O2. The van der Waals surface area contributed by atoms with Gasteiger partial charge in [0, 0.05) is 5.56 Å². The molecule has 4 nitrogen and oxygen atoms in total. The summed E-state index contributed by atoms with van der Waals surface area (Å²) in [6.07, 6.45) is 1.53. The minimum Gasteiger partial charge on any atom is -0.480 e. The van der Waals surface area contributed by atoms with Crippen LogP contribution in [0.25, 0.3) is 11.0 Å². The molecule has 0 saturated carbocycles. The minimum atomic E-state index is -0.0202. The highest BCUT2D eigenvalue weighted by Crippen LogP contribution is 2.18. The second-order valence-corrected chi connectivity index (χ2v) is 3.70. The van der Waals surface area contributed by atoms with Gasteiger partial charge in [0.2, 0.25) is 5.88 Å². The second-order valence-electron chi connectivity index (χ2n) is 3.14. The fourth-order valence-electron chi connectivity index (χ4n) is 1.41. The first kappa shape index (κ1) is 11.0. The maximum absolute atomic E-state index is 11.7. The topological polar surface area (TPSA) is 52.1 Å². The molecule has 0 spiro atoms. The van der Waals surface area contributed by atoms with Gasteiger partial charge >= 0.3 is 0 Å². The van der Waals surface area contributed by atoms with E-state index in [1.54, 1.807) is 12.1 Å². The Morgan fingerprint density at radius 1 is 1.50 bits per heavy atom. The number of benzene rings is 1. The average Bonchev–Trinajstić information content (AvgIpc) is 2.36. The quantitative estimate of drug-likeness (QED) is 0.639. The van der Waals surface area contributed by atoms with Crippen molar-refractivity contribution >= 4 is 32.7 Å². The van der Waals surface area contributed by atoms with Gasteiger partial charge in [0.05, 0.1) is 24.2 Å². The van der Waals surface area contributed by atoms with Gasteiger partial charge < -0.3 is 4.74 Å². The van der Waals surface area contributed by atoms with Gasteiger partial charge in [-0.3, -0.25) is 4.79 Å². The van der Waals surface area contributed by atoms with Crippen LogP contribution in [0.5, 0.6) is 5.88 Å². The molecule has 82 valence electrons. The zero-order chi connectivity index (χ0) is 11.5. The van der Waals surface area contributed by atoms with E-state index in [0.717, 1.165) is 0 Å². The molecule has 2 aromatic rings. The van der Waals surface area contributed by atoms with Gasteiger partial charge in [0.15, 0.2) is 5.78 Å². The van der Waals surface area contributed by atoms with Gasteiger partial charge in [0.1, 0.15) is 5.52 Å². The fraction of sp³-hybridized carbons (Fsp3) is 0.182. The van der Waals surface area contributed by atoms with Crippen LogP contribution in [0.15, 0.2) is 24.4 Å². The number of Topliss-reactive ketones (excluding diaryl/α,β-unsaturated/α-hetero) is 1. The number of methoxy groups -OCH3 is 1. The summed E-state index contributed by atoms with van der Waals surface area (Å²) in [5, 5.41) is 0.269. The van der Waals surface area contributed by atoms with Crippen LogP contribution < -0.4 is 4.74 Å². The van der Waals surface area contributed by atoms with E-state index in [-0.39, 0.29) is 11.1 Å². The van der Waals surface area contributed by atoms with Crippen LogP contribution in [0.3, 0.4) is 0 Å². The van der Waals surface area contributed by atoms with Crippen molar-refractivity contribution in [2.45, 2.75) is 0 Å². The van der Waals surface area contributed by atoms with Crippen molar-refractivity contribution in [2.24, 2.45) is 0 Å². The normalized spacial score (nSPS) is 10.4. The van der Waals surface area contributed by atoms with Gasteiger partial charge in [0.25, 0.3) is 0 Å². The number of alkyl halides is 1. The standard InChI is InChI=1S/C11H9BrN2O2/c1-16-10-6-13-8-4-2-3-7(9(15)5-12)11(8)14-10/h2-4,6H,5H2,1H3. The van der Waals surface area contributed by atoms with Crippen molar-refractivity contribution in [3.05, 3.63) is 30.0 Å². The average molecular weight is 281 g/mol. The maximum Gasteiger partial charge on any atom is 0.232 e. The number of aromatic nitrogens is 2. The number of fused-ring (bicyclic) bond motifs is 1. The van der Waals surface area contributed by atoms with Crippen LogP contribution in [0.4, 0.5) is 0 Å². The Morgan fingerprint density at radius 2 is 2.31 bits per heavy atom. The first-order chi connectivity index (χ1) is 7.76. The number of ether oxygens (including phenoxy) is 1. The highest BCUT2D eigenvalue weighted by Gasteiger charge is 2.11. The van der Waals surface area contributed by atoms with Crippen molar-refractivity contribution < 1.29 is 9.53 Å². The molecule has 1 aromatic carbocycles.